The summed E-state index contributed by atoms with van der Waals surface area (Å²) < 4.78 is 22.4. The van der Waals surface area contributed by atoms with Gasteiger partial charge in [-0.15, -0.1) is 0 Å². The molecule has 1 aliphatic rings. The first-order chi connectivity index (χ1) is 16.8. The smallest absolute Gasteiger partial charge is 0.338 e. The zero-order valence-electron chi connectivity index (χ0n) is 19.7. The maximum Gasteiger partial charge on any atom is 0.338 e. The lowest BCUT2D eigenvalue weighted by molar-refractivity contribution is -0.139. The standard InChI is InChI=1S/C24H26BrN3O6S/c1-5-33-23(30)21-13(2)26-24(35)28-22(21)14-10-18(32-4)19(11-15(14)25)34-12-20(29)27-16-8-6-7-9-17(16)31-3/h6-11,22H,5,12H2,1-4H3,(H,27,29)(H2,26,28,35). The lowest BCUT2D eigenvalue weighted by Crippen LogP contribution is -2.45. The van der Waals surface area contributed by atoms with Gasteiger partial charge in [0.1, 0.15) is 5.75 Å². The molecule has 11 heteroatoms. The van der Waals surface area contributed by atoms with Gasteiger partial charge < -0.3 is 34.9 Å². The molecule has 9 nitrogen and oxygen atoms in total. The summed E-state index contributed by atoms with van der Waals surface area (Å²) in [6.07, 6.45) is 0. The molecule has 186 valence electrons. The fourth-order valence-electron chi connectivity index (χ4n) is 3.53. The number of hydrogen-bond donors (Lipinski definition) is 3. The predicted molar refractivity (Wildman–Crippen MR) is 139 cm³/mol. The number of thiocarbonyl (C=S) groups is 1. The Hall–Kier alpha value is -3.31. The average molecular weight is 564 g/mol. The molecule has 0 saturated carbocycles. The lowest BCUT2D eigenvalue weighted by atomic mass is 9.95. The van der Waals surface area contributed by atoms with E-state index in [1.165, 1.54) is 14.2 Å². The largest absolute Gasteiger partial charge is 0.495 e. The minimum atomic E-state index is -0.589. The van der Waals surface area contributed by atoms with E-state index >= 15 is 0 Å². The molecule has 2 aromatic carbocycles. The number of hydrogen-bond acceptors (Lipinski definition) is 7. The summed E-state index contributed by atoms with van der Waals surface area (Å²) in [7, 11) is 3.02. The SMILES string of the molecule is CCOC(=O)C1=C(C)NC(=S)NC1c1cc(OC)c(OCC(=O)Nc2ccccc2OC)cc1Br. The Morgan fingerprint density at radius 2 is 1.83 bits per heavy atom. The van der Waals surface area contributed by atoms with Gasteiger partial charge in [0.05, 0.1) is 38.1 Å². The second-order valence-corrected chi connectivity index (χ2v) is 8.61. The fraction of sp³-hybridized carbons (Fsp3) is 0.292. The van der Waals surface area contributed by atoms with E-state index in [2.05, 4.69) is 31.9 Å². The molecular weight excluding hydrogens is 538 g/mol. The normalized spacial score (nSPS) is 15.0. The third kappa shape index (κ3) is 6.23. The van der Waals surface area contributed by atoms with Gasteiger partial charge in [-0.3, -0.25) is 4.79 Å². The van der Waals surface area contributed by atoms with Gasteiger partial charge in [0.25, 0.3) is 5.91 Å². The van der Waals surface area contributed by atoms with E-state index in [9.17, 15) is 9.59 Å². The van der Waals surface area contributed by atoms with E-state index in [0.717, 1.165) is 0 Å². The number of halogens is 1. The Bertz CT molecular complexity index is 1170. The average Bonchev–Trinajstić information content (AvgIpc) is 2.82. The number of anilines is 1. The summed E-state index contributed by atoms with van der Waals surface area (Å²) in [5, 5.41) is 9.21. The molecule has 35 heavy (non-hydrogen) atoms. The number of carbonyl (C=O) groups is 2. The molecular formula is C24H26BrN3O6S. The highest BCUT2D eigenvalue weighted by molar-refractivity contribution is 9.10. The molecule has 1 atom stereocenters. The van der Waals surface area contributed by atoms with Gasteiger partial charge >= 0.3 is 5.97 Å². The number of benzene rings is 2. The molecule has 0 spiro atoms. The van der Waals surface area contributed by atoms with Gasteiger partial charge in [-0.05, 0) is 55.9 Å². The number of carbonyl (C=O) groups excluding carboxylic acids is 2. The Balaban J connectivity index is 1.83. The number of esters is 1. The first-order valence-electron chi connectivity index (χ1n) is 10.7. The van der Waals surface area contributed by atoms with Gasteiger partial charge in [0.15, 0.2) is 23.2 Å². The van der Waals surface area contributed by atoms with E-state index in [1.807, 2.05) is 6.07 Å². The molecule has 3 N–H and O–H groups in total. The summed E-state index contributed by atoms with van der Waals surface area (Å²) in [4.78, 5) is 25.1. The van der Waals surface area contributed by atoms with Crippen LogP contribution in [0, 0.1) is 0 Å². The van der Waals surface area contributed by atoms with Crippen LogP contribution in [0.25, 0.3) is 0 Å². The highest BCUT2D eigenvalue weighted by atomic mass is 79.9. The molecule has 0 bridgehead atoms. The van der Waals surface area contributed by atoms with Crippen LogP contribution >= 0.6 is 28.1 Å². The van der Waals surface area contributed by atoms with E-state index in [0.29, 0.717) is 49.4 Å². The van der Waals surface area contributed by atoms with Crippen LogP contribution in [0.5, 0.6) is 17.2 Å². The van der Waals surface area contributed by atoms with Crippen LogP contribution in [0.1, 0.15) is 25.5 Å². The molecule has 1 unspecified atom stereocenters. The van der Waals surface area contributed by atoms with Gasteiger partial charge in [0.2, 0.25) is 0 Å². The van der Waals surface area contributed by atoms with Crippen molar-refractivity contribution in [2.24, 2.45) is 0 Å². The molecule has 1 aliphatic heterocycles. The van der Waals surface area contributed by atoms with Crippen LogP contribution in [0.2, 0.25) is 0 Å². The minimum absolute atomic E-state index is 0.237. The third-order valence-corrected chi connectivity index (χ3v) is 6.00. The number of allylic oxidation sites excluding steroid dienone is 1. The van der Waals surface area contributed by atoms with Crippen molar-refractivity contribution in [3.05, 3.63) is 57.7 Å². The Morgan fingerprint density at radius 3 is 2.51 bits per heavy atom. The van der Waals surface area contributed by atoms with E-state index in [4.69, 9.17) is 31.2 Å². The van der Waals surface area contributed by atoms with Crippen LogP contribution in [-0.2, 0) is 14.3 Å². The fourth-order valence-corrected chi connectivity index (χ4v) is 4.35. The first-order valence-corrected chi connectivity index (χ1v) is 11.9. The molecule has 2 aromatic rings. The van der Waals surface area contributed by atoms with Crippen molar-refractivity contribution >= 4 is 50.8 Å². The van der Waals surface area contributed by atoms with Gasteiger partial charge in [-0.25, -0.2) is 4.79 Å². The molecule has 1 heterocycles. The summed E-state index contributed by atoms with van der Waals surface area (Å²) in [6.45, 7) is 3.48. The first kappa shape index (κ1) is 26.3. The van der Waals surface area contributed by atoms with Crippen molar-refractivity contribution in [3.63, 3.8) is 0 Å². The molecule has 0 saturated heterocycles. The Labute approximate surface area is 217 Å². The van der Waals surface area contributed by atoms with Crippen LogP contribution in [0.15, 0.2) is 52.1 Å². The summed E-state index contributed by atoms with van der Waals surface area (Å²) in [6, 6.07) is 9.88. The summed E-state index contributed by atoms with van der Waals surface area (Å²) in [5.41, 5.74) is 2.21. The van der Waals surface area contributed by atoms with Crippen molar-refractivity contribution in [1.29, 1.82) is 0 Å². The van der Waals surface area contributed by atoms with Crippen LogP contribution in [-0.4, -0.2) is 44.4 Å². The predicted octanol–water partition coefficient (Wildman–Crippen LogP) is 3.84. The van der Waals surface area contributed by atoms with Crippen molar-refractivity contribution < 1.29 is 28.5 Å². The second-order valence-electron chi connectivity index (χ2n) is 7.35. The molecule has 0 radical (unpaired) electrons. The second kappa shape index (κ2) is 11.9. The maximum atomic E-state index is 12.7. The van der Waals surface area contributed by atoms with Crippen molar-refractivity contribution in [2.75, 3.05) is 32.8 Å². The number of para-hydroxylation sites is 2. The Morgan fingerprint density at radius 1 is 1.11 bits per heavy atom. The van der Waals surface area contributed by atoms with Crippen molar-refractivity contribution in [3.8, 4) is 17.2 Å². The topological polar surface area (TPSA) is 107 Å². The van der Waals surface area contributed by atoms with Gasteiger partial charge in [-0.1, -0.05) is 28.1 Å². The lowest BCUT2D eigenvalue weighted by Gasteiger charge is -2.30. The van der Waals surface area contributed by atoms with Crippen LogP contribution in [0.3, 0.4) is 0 Å². The van der Waals surface area contributed by atoms with Crippen LogP contribution < -0.4 is 30.2 Å². The molecule has 0 fully saturated rings. The van der Waals surface area contributed by atoms with Gasteiger partial charge in [-0.2, -0.15) is 0 Å². The van der Waals surface area contributed by atoms with E-state index in [1.54, 1.807) is 44.2 Å². The van der Waals surface area contributed by atoms with Crippen LogP contribution in [0.4, 0.5) is 5.69 Å². The Kier molecular flexibility index (Phi) is 8.94. The number of ether oxygens (including phenoxy) is 4. The number of amides is 1. The molecule has 0 aliphatic carbocycles. The van der Waals surface area contributed by atoms with Crippen molar-refractivity contribution in [2.45, 2.75) is 19.9 Å². The number of methoxy groups -OCH3 is 2. The number of rotatable bonds is 9. The van der Waals surface area contributed by atoms with Gasteiger partial charge in [0, 0.05) is 10.2 Å². The monoisotopic (exact) mass is 563 g/mol. The summed E-state index contributed by atoms with van der Waals surface area (Å²) in [5.74, 6) is 0.425. The van der Waals surface area contributed by atoms with Crippen molar-refractivity contribution in [1.82, 2.24) is 10.6 Å². The summed E-state index contributed by atoms with van der Waals surface area (Å²) >= 11 is 8.85. The minimum Gasteiger partial charge on any atom is -0.495 e. The number of nitrogens with one attached hydrogen (secondary N) is 3. The van der Waals surface area contributed by atoms with E-state index in [-0.39, 0.29) is 19.1 Å². The quantitative estimate of drug-likeness (QED) is 0.310. The zero-order valence-corrected chi connectivity index (χ0v) is 22.1. The molecule has 0 aromatic heterocycles. The molecule has 1 amide bonds. The highest BCUT2D eigenvalue weighted by Crippen LogP contribution is 2.39. The zero-order chi connectivity index (χ0) is 25.5. The molecule has 3 rings (SSSR count). The maximum absolute atomic E-state index is 12.7. The van der Waals surface area contributed by atoms with E-state index < -0.39 is 12.0 Å². The highest BCUT2D eigenvalue weighted by Gasteiger charge is 2.33. The third-order valence-electron chi connectivity index (χ3n) is 5.10.